The third kappa shape index (κ3) is 2.28. The highest BCUT2D eigenvalue weighted by molar-refractivity contribution is 4.95. The van der Waals surface area contributed by atoms with Crippen LogP contribution in [-0.2, 0) is 0 Å². The van der Waals surface area contributed by atoms with Gasteiger partial charge in [0.15, 0.2) is 0 Å². The van der Waals surface area contributed by atoms with Crippen LogP contribution in [0.2, 0.25) is 0 Å². The van der Waals surface area contributed by atoms with Crippen LogP contribution in [-0.4, -0.2) is 36.6 Å². The quantitative estimate of drug-likeness (QED) is 0.785. The molecule has 3 fully saturated rings. The molecule has 1 saturated heterocycles. The van der Waals surface area contributed by atoms with Gasteiger partial charge in [0.2, 0.25) is 0 Å². The lowest BCUT2D eigenvalue weighted by molar-refractivity contribution is 0.0814. The van der Waals surface area contributed by atoms with Crippen LogP contribution < -0.4 is 5.32 Å². The van der Waals surface area contributed by atoms with Gasteiger partial charge in [0.25, 0.3) is 0 Å². The molecule has 1 heterocycles. The van der Waals surface area contributed by atoms with Crippen LogP contribution in [0.3, 0.4) is 0 Å². The number of nitrogens with zero attached hydrogens (tertiary/aromatic N) is 1. The predicted octanol–water partition coefficient (Wildman–Crippen LogP) is 2.25. The number of rotatable bonds is 4. The first-order chi connectivity index (χ1) is 7.86. The molecule has 1 aliphatic heterocycles. The van der Waals surface area contributed by atoms with Crippen molar-refractivity contribution >= 4 is 0 Å². The smallest absolute Gasteiger partial charge is 0.0224 e. The lowest BCUT2D eigenvalue weighted by atomic mass is 9.84. The van der Waals surface area contributed by atoms with Crippen molar-refractivity contribution in [3.8, 4) is 0 Å². The first-order valence-corrected chi connectivity index (χ1v) is 7.34. The van der Waals surface area contributed by atoms with Gasteiger partial charge in [-0.05, 0) is 43.9 Å². The summed E-state index contributed by atoms with van der Waals surface area (Å²) in [5.41, 5.74) is 0. The molecule has 2 atom stereocenters. The fraction of sp³-hybridized carbons (Fsp3) is 1.00. The fourth-order valence-corrected chi connectivity index (χ4v) is 3.33. The summed E-state index contributed by atoms with van der Waals surface area (Å²) in [6.45, 7) is 6.31. The Labute approximate surface area is 99.8 Å². The molecule has 2 nitrogen and oxygen atoms in total. The molecule has 2 heteroatoms. The fourth-order valence-electron chi connectivity index (χ4n) is 3.33. The largest absolute Gasteiger partial charge is 0.311 e. The second kappa shape index (κ2) is 4.66. The maximum absolute atomic E-state index is 3.78. The van der Waals surface area contributed by atoms with Gasteiger partial charge in [0.1, 0.15) is 0 Å². The number of hydrogen-bond acceptors (Lipinski definition) is 2. The zero-order chi connectivity index (χ0) is 11.0. The SMILES string of the molecule is CCC1CNC(C2CC2)CN1CC1CCC1. The molecule has 2 saturated carbocycles. The van der Waals surface area contributed by atoms with E-state index in [0.29, 0.717) is 0 Å². The lowest BCUT2D eigenvalue weighted by Gasteiger charge is -2.43. The van der Waals surface area contributed by atoms with Crippen molar-refractivity contribution in [1.29, 1.82) is 0 Å². The second-order valence-electron chi connectivity index (χ2n) is 6.17. The summed E-state index contributed by atoms with van der Waals surface area (Å²) in [6.07, 6.45) is 8.75. The van der Waals surface area contributed by atoms with Gasteiger partial charge in [0, 0.05) is 31.7 Å². The van der Waals surface area contributed by atoms with E-state index in [-0.39, 0.29) is 0 Å². The molecule has 2 aliphatic carbocycles. The molecule has 16 heavy (non-hydrogen) atoms. The van der Waals surface area contributed by atoms with Crippen molar-refractivity contribution in [2.24, 2.45) is 11.8 Å². The average molecular weight is 222 g/mol. The summed E-state index contributed by atoms with van der Waals surface area (Å²) in [6, 6.07) is 1.64. The van der Waals surface area contributed by atoms with Crippen LogP contribution in [0.25, 0.3) is 0 Å². The van der Waals surface area contributed by atoms with E-state index in [1.165, 1.54) is 58.2 Å². The van der Waals surface area contributed by atoms with E-state index in [9.17, 15) is 0 Å². The van der Waals surface area contributed by atoms with Crippen molar-refractivity contribution in [3.63, 3.8) is 0 Å². The molecular formula is C14H26N2. The Hall–Kier alpha value is -0.0800. The number of piperazine rings is 1. The third-order valence-electron chi connectivity index (χ3n) is 4.94. The van der Waals surface area contributed by atoms with Crippen molar-refractivity contribution < 1.29 is 0 Å². The first kappa shape index (κ1) is 11.0. The first-order valence-electron chi connectivity index (χ1n) is 7.34. The van der Waals surface area contributed by atoms with E-state index in [1.54, 1.807) is 0 Å². The van der Waals surface area contributed by atoms with Gasteiger partial charge >= 0.3 is 0 Å². The molecule has 92 valence electrons. The molecule has 0 aromatic carbocycles. The highest BCUT2D eigenvalue weighted by Crippen LogP contribution is 2.35. The van der Waals surface area contributed by atoms with Gasteiger partial charge < -0.3 is 5.32 Å². The summed E-state index contributed by atoms with van der Waals surface area (Å²) in [7, 11) is 0. The highest BCUT2D eigenvalue weighted by Gasteiger charge is 2.37. The summed E-state index contributed by atoms with van der Waals surface area (Å²) < 4.78 is 0. The van der Waals surface area contributed by atoms with Gasteiger partial charge in [-0.15, -0.1) is 0 Å². The normalized spacial score (nSPS) is 37.3. The Balaban J connectivity index is 1.56. The molecule has 0 aromatic heterocycles. The molecule has 0 aromatic rings. The number of hydrogen-bond donors (Lipinski definition) is 1. The van der Waals surface area contributed by atoms with Gasteiger partial charge in [-0.25, -0.2) is 0 Å². The summed E-state index contributed by atoms with van der Waals surface area (Å²) in [5, 5.41) is 3.78. The Morgan fingerprint density at radius 1 is 1.19 bits per heavy atom. The molecule has 0 amide bonds. The van der Waals surface area contributed by atoms with Crippen molar-refractivity contribution in [1.82, 2.24) is 10.2 Å². The van der Waals surface area contributed by atoms with Gasteiger partial charge in [-0.3, -0.25) is 4.90 Å². The predicted molar refractivity (Wildman–Crippen MR) is 67.5 cm³/mol. The van der Waals surface area contributed by atoms with E-state index in [2.05, 4.69) is 17.1 Å². The maximum atomic E-state index is 3.78. The molecule has 0 bridgehead atoms. The highest BCUT2D eigenvalue weighted by atomic mass is 15.2. The molecule has 0 spiro atoms. The minimum Gasteiger partial charge on any atom is -0.311 e. The van der Waals surface area contributed by atoms with Crippen LogP contribution in [0.1, 0.15) is 45.4 Å². The molecule has 1 N–H and O–H groups in total. The minimum atomic E-state index is 0.815. The molecular weight excluding hydrogens is 196 g/mol. The lowest BCUT2D eigenvalue weighted by Crippen LogP contribution is -2.58. The Kier molecular flexibility index (Phi) is 3.21. The molecule has 2 unspecified atom stereocenters. The Bertz CT molecular complexity index is 233. The van der Waals surface area contributed by atoms with E-state index < -0.39 is 0 Å². The van der Waals surface area contributed by atoms with E-state index >= 15 is 0 Å². The van der Waals surface area contributed by atoms with Crippen LogP contribution >= 0.6 is 0 Å². The van der Waals surface area contributed by atoms with Crippen molar-refractivity contribution in [3.05, 3.63) is 0 Å². The second-order valence-corrected chi connectivity index (χ2v) is 6.17. The number of nitrogens with one attached hydrogen (secondary N) is 1. The van der Waals surface area contributed by atoms with Crippen LogP contribution in [0.4, 0.5) is 0 Å². The maximum Gasteiger partial charge on any atom is 0.0224 e. The summed E-state index contributed by atoms with van der Waals surface area (Å²) in [5.74, 6) is 2.05. The zero-order valence-electron chi connectivity index (χ0n) is 10.6. The van der Waals surface area contributed by atoms with Crippen LogP contribution in [0, 0.1) is 11.8 Å². The van der Waals surface area contributed by atoms with E-state index in [1.807, 2.05) is 0 Å². The van der Waals surface area contributed by atoms with Crippen LogP contribution in [0.5, 0.6) is 0 Å². The van der Waals surface area contributed by atoms with E-state index in [4.69, 9.17) is 0 Å². The monoisotopic (exact) mass is 222 g/mol. The average Bonchev–Trinajstić information content (AvgIpc) is 3.07. The molecule has 0 radical (unpaired) electrons. The Morgan fingerprint density at radius 2 is 2.00 bits per heavy atom. The van der Waals surface area contributed by atoms with Gasteiger partial charge in [-0.1, -0.05) is 13.3 Å². The van der Waals surface area contributed by atoms with Crippen molar-refractivity contribution in [2.45, 2.75) is 57.5 Å². The molecule has 3 aliphatic rings. The zero-order valence-corrected chi connectivity index (χ0v) is 10.6. The summed E-state index contributed by atoms with van der Waals surface area (Å²) >= 11 is 0. The van der Waals surface area contributed by atoms with E-state index in [0.717, 1.165) is 23.9 Å². The minimum absolute atomic E-state index is 0.815. The summed E-state index contributed by atoms with van der Waals surface area (Å²) in [4.78, 5) is 2.81. The standard InChI is InChI=1S/C14H26N2/c1-2-13-8-15-14(12-6-7-12)10-16(13)9-11-4-3-5-11/h11-15H,2-10H2,1H3. The van der Waals surface area contributed by atoms with Gasteiger partial charge in [0.05, 0.1) is 0 Å². The van der Waals surface area contributed by atoms with Crippen molar-refractivity contribution in [2.75, 3.05) is 19.6 Å². The van der Waals surface area contributed by atoms with Gasteiger partial charge in [-0.2, -0.15) is 0 Å². The molecule has 3 rings (SSSR count). The van der Waals surface area contributed by atoms with Crippen LogP contribution in [0.15, 0.2) is 0 Å². The third-order valence-corrected chi connectivity index (χ3v) is 4.94. The topological polar surface area (TPSA) is 15.3 Å². The Morgan fingerprint density at radius 3 is 2.56 bits per heavy atom.